The molecule has 0 spiro atoms. The van der Waals surface area contributed by atoms with Gasteiger partial charge in [0, 0.05) is 6.20 Å². The minimum absolute atomic E-state index is 0.0654. The van der Waals surface area contributed by atoms with Crippen molar-refractivity contribution in [2.24, 2.45) is 0 Å². The summed E-state index contributed by atoms with van der Waals surface area (Å²) < 4.78 is 1.36. The van der Waals surface area contributed by atoms with E-state index in [0.717, 1.165) is 0 Å². The number of aromatic hydroxyl groups is 1. The van der Waals surface area contributed by atoms with Crippen molar-refractivity contribution in [3.63, 3.8) is 0 Å². The molecule has 2 aromatic heterocycles. The predicted octanol–water partition coefficient (Wildman–Crippen LogP) is 0.435. The maximum atomic E-state index is 9.05. The lowest BCUT2D eigenvalue weighted by atomic mass is 10.6. The van der Waals surface area contributed by atoms with Crippen LogP contribution in [0.25, 0.3) is 5.65 Å². The topological polar surface area (TPSA) is 50.4 Å². The number of hydrogen-bond donors (Lipinski definition) is 1. The van der Waals surface area contributed by atoms with E-state index in [-0.39, 0.29) is 5.88 Å². The Hall–Kier alpha value is -1.58. The molecule has 0 aliphatic rings. The molecule has 0 amide bonds. The van der Waals surface area contributed by atoms with Crippen LogP contribution in [0.3, 0.4) is 0 Å². The van der Waals surface area contributed by atoms with Crippen molar-refractivity contribution in [2.45, 2.75) is 0 Å². The number of fused-ring (bicyclic) bond motifs is 1. The lowest BCUT2D eigenvalue weighted by molar-refractivity contribution is 0.439. The second-order valence-electron chi connectivity index (χ2n) is 1.91. The SMILES string of the molecule is Oc1cnc2cccnn12. The Bertz CT molecular complexity index is 355. The summed E-state index contributed by atoms with van der Waals surface area (Å²) in [5.74, 6) is 0.0654. The fraction of sp³-hybridized carbons (Fsp3) is 0. The molecule has 0 bridgehead atoms. The van der Waals surface area contributed by atoms with Crippen molar-refractivity contribution in [3.8, 4) is 5.88 Å². The summed E-state index contributed by atoms with van der Waals surface area (Å²) in [6.07, 6.45) is 2.96. The van der Waals surface area contributed by atoms with Crippen LogP contribution in [0.2, 0.25) is 0 Å². The highest BCUT2D eigenvalue weighted by molar-refractivity contribution is 5.38. The molecule has 0 aliphatic carbocycles. The van der Waals surface area contributed by atoms with Crippen molar-refractivity contribution in [1.82, 2.24) is 14.6 Å². The van der Waals surface area contributed by atoms with Crippen LogP contribution in [0.5, 0.6) is 5.88 Å². The molecule has 0 radical (unpaired) electrons. The van der Waals surface area contributed by atoms with E-state index in [0.29, 0.717) is 5.65 Å². The molecular formula is C6H5N3O. The summed E-state index contributed by atoms with van der Waals surface area (Å²) >= 11 is 0. The highest BCUT2D eigenvalue weighted by Crippen LogP contribution is 2.07. The Morgan fingerprint density at radius 1 is 1.50 bits per heavy atom. The smallest absolute Gasteiger partial charge is 0.233 e. The molecule has 0 unspecified atom stereocenters. The van der Waals surface area contributed by atoms with E-state index < -0.39 is 0 Å². The maximum Gasteiger partial charge on any atom is 0.233 e. The third kappa shape index (κ3) is 0.556. The molecule has 2 rings (SSSR count). The van der Waals surface area contributed by atoms with Gasteiger partial charge in [-0.2, -0.15) is 9.61 Å². The average molecular weight is 135 g/mol. The van der Waals surface area contributed by atoms with E-state index in [1.807, 2.05) is 0 Å². The molecule has 4 heteroatoms. The zero-order valence-electron chi connectivity index (χ0n) is 5.10. The minimum atomic E-state index is 0.0654. The summed E-state index contributed by atoms with van der Waals surface area (Å²) in [5.41, 5.74) is 0.653. The fourth-order valence-electron chi connectivity index (χ4n) is 0.817. The Morgan fingerprint density at radius 2 is 2.40 bits per heavy atom. The standard InChI is InChI=1S/C6H5N3O/c10-6-4-7-5-2-1-3-8-9(5)6/h1-4,10H. The Balaban J connectivity index is 2.93. The van der Waals surface area contributed by atoms with Gasteiger partial charge in [0.05, 0.1) is 6.20 Å². The molecule has 2 heterocycles. The van der Waals surface area contributed by atoms with Crippen LogP contribution < -0.4 is 0 Å². The molecule has 0 aromatic carbocycles. The Labute approximate surface area is 56.8 Å². The molecule has 50 valence electrons. The Kier molecular flexibility index (Phi) is 0.887. The third-order valence-electron chi connectivity index (χ3n) is 1.26. The van der Waals surface area contributed by atoms with Gasteiger partial charge in [0.15, 0.2) is 5.65 Å². The van der Waals surface area contributed by atoms with E-state index in [4.69, 9.17) is 5.11 Å². The molecule has 0 aliphatic heterocycles. The van der Waals surface area contributed by atoms with E-state index in [9.17, 15) is 0 Å². The maximum absolute atomic E-state index is 9.05. The zero-order valence-corrected chi connectivity index (χ0v) is 5.10. The fourth-order valence-corrected chi connectivity index (χ4v) is 0.817. The quantitative estimate of drug-likeness (QED) is 0.570. The van der Waals surface area contributed by atoms with Gasteiger partial charge in [-0.1, -0.05) is 0 Å². The van der Waals surface area contributed by atoms with Crippen LogP contribution in [-0.2, 0) is 0 Å². The average Bonchev–Trinajstić information content (AvgIpc) is 2.34. The van der Waals surface area contributed by atoms with Gasteiger partial charge in [0.25, 0.3) is 0 Å². The lowest BCUT2D eigenvalue weighted by Gasteiger charge is -1.89. The molecule has 0 saturated heterocycles. The third-order valence-corrected chi connectivity index (χ3v) is 1.26. The van der Waals surface area contributed by atoms with E-state index in [1.165, 1.54) is 10.7 Å². The molecule has 2 aromatic rings. The van der Waals surface area contributed by atoms with Crippen LogP contribution >= 0.6 is 0 Å². The first kappa shape index (κ1) is 5.22. The summed E-state index contributed by atoms with van der Waals surface area (Å²) in [6, 6.07) is 3.54. The number of hydrogen-bond acceptors (Lipinski definition) is 3. The van der Waals surface area contributed by atoms with Crippen LogP contribution in [0.4, 0.5) is 0 Å². The van der Waals surface area contributed by atoms with Gasteiger partial charge < -0.3 is 5.11 Å². The highest BCUT2D eigenvalue weighted by atomic mass is 16.3. The first-order chi connectivity index (χ1) is 4.88. The predicted molar refractivity (Wildman–Crippen MR) is 34.7 cm³/mol. The Morgan fingerprint density at radius 3 is 3.20 bits per heavy atom. The van der Waals surface area contributed by atoms with Crippen LogP contribution in [0.1, 0.15) is 0 Å². The molecule has 0 fully saturated rings. The van der Waals surface area contributed by atoms with Crippen LogP contribution in [-0.4, -0.2) is 19.7 Å². The van der Waals surface area contributed by atoms with Gasteiger partial charge in [-0.15, -0.1) is 0 Å². The molecule has 4 nitrogen and oxygen atoms in total. The number of imidazole rings is 1. The molecular weight excluding hydrogens is 130 g/mol. The second kappa shape index (κ2) is 1.70. The first-order valence-corrected chi connectivity index (χ1v) is 2.85. The van der Waals surface area contributed by atoms with Crippen molar-refractivity contribution in [3.05, 3.63) is 24.5 Å². The van der Waals surface area contributed by atoms with Crippen LogP contribution in [0, 0.1) is 0 Å². The lowest BCUT2D eigenvalue weighted by Crippen LogP contribution is -1.87. The monoisotopic (exact) mass is 135 g/mol. The number of aromatic nitrogens is 3. The molecule has 0 atom stereocenters. The summed E-state index contributed by atoms with van der Waals surface area (Å²) in [5, 5.41) is 12.9. The summed E-state index contributed by atoms with van der Waals surface area (Å²) in [6.45, 7) is 0. The summed E-state index contributed by atoms with van der Waals surface area (Å²) in [4.78, 5) is 3.87. The highest BCUT2D eigenvalue weighted by Gasteiger charge is 1.97. The van der Waals surface area contributed by atoms with Gasteiger partial charge in [-0.3, -0.25) is 0 Å². The van der Waals surface area contributed by atoms with Gasteiger partial charge in [0.1, 0.15) is 0 Å². The van der Waals surface area contributed by atoms with Gasteiger partial charge in [0.2, 0.25) is 5.88 Å². The first-order valence-electron chi connectivity index (χ1n) is 2.85. The van der Waals surface area contributed by atoms with Gasteiger partial charge in [-0.05, 0) is 12.1 Å². The molecule has 0 saturated carbocycles. The normalized spacial score (nSPS) is 10.4. The molecule has 1 N–H and O–H groups in total. The minimum Gasteiger partial charge on any atom is -0.492 e. The van der Waals surface area contributed by atoms with Crippen LogP contribution in [0.15, 0.2) is 24.5 Å². The van der Waals surface area contributed by atoms with E-state index in [1.54, 1.807) is 18.3 Å². The molecule has 10 heavy (non-hydrogen) atoms. The van der Waals surface area contributed by atoms with E-state index >= 15 is 0 Å². The van der Waals surface area contributed by atoms with Crippen molar-refractivity contribution >= 4 is 5.65 Å². The van der Waals surface area contributed by atoms with Crippen molar-refractivity contribution < 1.29 is 5.11 Å². The zero-order chi connectivity index (χ0) is 6.97. The number of rotatable bonds is 0. The van der Waals surface area contributed by atoms with E-state index in [2.05, 4.69) is 10.1 Å². The van der Waals surface area contributed by atoms with Crippen molar-refractivity contribution in [2.75, 3.05) is 0 Å². The summed E-state index contributed by atoms with van der Waals surface area (Å²) in [7, 11) is 0. The second-order valence-corrected chi connectivity index (χ2v) is 1.91. The number of nitrogens with zero attached hydrogens (tertiary/aromatic N) is 3. The van der Waals surface area contributed by atoms with Gasteiger partial charge in [-0.25, -0.2) is 4.98 Å². The van der Waals surface area contributed by atoms with Crippen molar-refractivity contribution in [1.29, 1.82) is 0 Å². The van der Waals surface area contributed by atoms with Gasteiger partial charge >= 0.3 is 0 Å². The largest absolute Gasteiger partial charge is 0.492 e.